The zero-order chi connectivity index (χ0) is 17.9. The molecule has 8 heteroatoms. The maximum absolute atomic E-state index is 11.5. The molecule has 0 amide bonds. The number of rotatable bonds is 4. The molecule has 0 saturated heterocycles. The molecule has 0 spiro atoms. The molecule has 0 unspecified atom stereocenters. The lowest BCUT2D eigenvalue weighted by Gasteiger charge is -2.09. The van der Waals surface area contributed by atoms with Crippen molar-refractivity contribution < 1.29 is 4.76 Å². The molecule has 2 heterocycles. The molecule has 0 bridgehead atoms. The standard InChI is InChI=1S/C18H12N6O2/c25-23-11-9-19-17(23)13-1-5-15(6-2-13)21-22-16-7-3-14(4-8-16)18-20-10-12-24(18)26/h1-12H. The van der Waals surface area contributed by atoms with Gasteiger partial charge in [-0.25, -0.2) is 4.98 Å². The molecule has 26 heavy (non-hydrogen) atoms. The summed E-state index contributed by atoms with van der Waals surface area (Å²) in [5, 5.41) is 19.9. The van der Waals surface area contributed by atoms with Crippen molar-refractivity contribution in [1.29, 1.82) is 0 Å². The van der Waals surface area contributed by atoms with E-state index in [1.807, 2.05) is 0 Å². The van der Waals surface area contributed by atoms with Crippen LogP contribution in [0.4, 0.5) is 11.4 Å². The van der Waals surface area contributed by atoms with Gasteiger partial charge in [0.25, 0.3) is 0 Å². The van der Waals surface area contributed by atoms with Crippen LogP contribution in [0.25, 0.3) is 11.4 Å². The number of aliphatic imine (C=N–C) groups is 1. The fourth-order valence-electron chi connectivity index (χ4n) is 2.46. The van der Waals surface area contributed by atoms with Gasteiger partial charge in [0.2, 0.25) is 0 Å². The lowest BCUT2D eigenvalue weighted by molar-refractivity contribution is -0.343. The Bertz CT molecular complexity index is 1050. The Morgan fingerprint density at radius 1 is 0.923 bits per heavy atom. The zero-order valence-electron chi connectivity index (χ0n) is 13.4. The number of aromatic nitrogens is 2. The Labute approximate surface area is 148 Å². The van der Waals surface area contributed by atoms with Crippen molar-refractivity contribution in [2.75, 3.05) is 0 Å². The minimum atomic E-state index is 0.348. The molecule has 0 aliphatic carbocycles. The molecular weight excluding hydrogens is 332 g/mol. The highest BCUT2D eigenvalue weighted by Crippen LogP contribution is 2.23. The number of hydrogen-bond acceptors (Lipinski definition) is 6. The molecular formula is C18H12N6O2. The van der Waals surface area contributed by atoms with Crippen LogP contribution in [0.3, 0.4) is 0 Å². The SMILES string of the molecule is O=[N+]1C=CN=C1c1ccc(N=Nc2ccc(-c3nccn3[O-])cc2)cc1. The van der Waals surface area contributed by atoms with Crippen LogP contribution in [0.5, 0.6) is 0 Å². The second kappa shape index (κ2) is 6.52. The molecule has 2 aromatic carbocycles. The van der Waals surface area contributed by atoms with Crippen molar-refractivity contribution in [3.05, 3.63) is 89.0 Å². The van der Waals surface area contributed by atoms with E-state index < -0.39 is 0 Å². The van der Waals surface area contributed by atoms with E-state index >= 15 is 0 Å². The van der Waals surface area contributed by atoms with Crippen LogP contribution < -0.4 is 0 Å². The van der Waals surface area contributed by atoms with E-state index in [0.717, 1.165) is 0 Å². The van der Waals surface area contributed by atoms with Crippen molar-refractivity contribution >= 4 is 17.2 Å². The number of amidine groups is 1. The molecule has 0 radical (unpaired) electrons. The van der Waals surface area contributed by atoms with E-state index in [4.69, 9.17) is 0 Å². The maximum Gasteiger partial charge on any atom is 0.373 e. The first-order chi connectivity index (χ1) is 12.7. The summed E-state index contributed by atoms with van der Waals surface area (Å²) < 4.78 is 1.43. The summed E-state index contributed by atoms with van der Waals surface area (Å²) in [5.74, 6) is 0.696. The quantitative estimate of drug-likeness (QED) is 0.520. The number of imidazole rings is 1. The van der Waals surface area contributed by atoms with Crippen LogP contribution in [0, 0.1) is 10.1 Å². The third-order valence-corrected chi connectivity index (χ3v) is 3.75. The topological polar surface area (TPSA) is 98.0 Å². The van der Waals surface area contributed by atoms with Gasteiger partial charge in [-0.2, -0.15) is 10.2 Å². The highest BCUT2D eigenvalue weighted by Gasteiger charge is 2.22. The lowest BCUT2D eigenvalue weighted by Crippen LogP contribution is -2.09. The second-order valence-corrected chi connectivity index (χ2v) is 5.45. The Morgan fingerprint density at radius 3 is 2.04 bits per heavy atom. The maximum atomic E-state index is 11.5. The number of benzene rings is 2. The monoisotopic (exact) mass is 344 g/mol. The molecule has 1 aromatic heterocycles. The van der Waals surface area contributed by atoms with Crippen LogP contribution in [-0.4, -0.2) is 20.3 Å². The summed E-state index contributed by atoms with van der Waals surface area (Å²) in [6.07, 6.45) is 5.62. The highest BCUT2D eigenvalue weighted by molar-refractivity contribution is 5.94. The fraction of sp³-hybridized carbons (Fsp3) is 0. The van der Waals surface area contributed by atoms with E-state index in [1.165, 1.54) is 24.8 Å². The smallest absolute Gasteiger partial charge is 0.373 e. The molecule has 8 nitrogen and oxygen atoms in total. The molecule has 0 fully saturated rings. The predicted molar refractivity (Wildman–Crippen MR) is 96.4 cm³/mol. The predicted octanol–water partition coefficient (Wildman–Crippen LogP) is 4.32. The van der Waals surface area contributed by atoms with Gasteiger partial charge in [-0.1, -0.05) is 4.91 Å². The van der Waals surface area contributed by atoms with Crippen LogP contribution in [0.1, 0.15) is 5.56 Å². The second-order valence-electron chi connectivity index (χ2n) is 5.45. The van der Waals surface area contributed by atoms with Gasteiger partial charge in [0, 0.05) is 22.7 Å². The van der Waals surface area contributed by atoms with Gasteiger partial charge in [0.15, 0.2) is 12.4 Å². The third-order valence-electron chi connectivity index (χ3n) is 3.75. The Hall–Kier alpha value is -3.94. The third kappa shape index (κ3) is 3.03. The summed E-state index contributed by atoms with van der Waals surface area (Å²) in [6.45, 7) is 0. The summed E-state index contributed by atoms with van der Waals surface area (Å²) in [5.41, 5.74) is 2.72. The first-order valence-electron chi connectivity index (χ1n) is 7.75. The minimum Gasteiger partial charge on any atom is -0.805 e. The number of nitroso groups, excluding NO2 is 1. The van der Waals surface area contributed by atoms with E-state index in [0.29, 0.717) is 43.7 Å². The normalized spacial score (nSPS) is 13.5. The van der Waals surface area contributed by atoms with Crippen molar-refractivity contribution in [1.82, 2.24) is 9.71 Å². The molecule has 0 atom stereocenters. The van der Waals surface area contributed by atoms with Crippen molar-refractivity contribution in [2.24, 2.45) is 15.2 Å². The van der Waals surface area contributed by atoms with E-state index in [-0.39, 0.29) is 0 Å². The molecule has 1 aliphatic heterocycles. The summed E-state index contributed by atoms with van der Waals surface area (Å²) in [6, 6.07) is 14.1. The van der Waals surface area contributed by atoms with Gasteiger partial charge < -0.3 is 9.94 Å². The molecule has 0 saturated carbocycles. The largest absolute Gasteiger partial charge is 0.805 e. The number of nitrogens with zero attached hydrogens (tertiary/aromatic N) is 6. The van der Waals surface area contributed by atoms with Crippen LogP contribution in [0.15, 0.2) is 88.5 Å². The van der Waals surface area contributed by atoms with Crippen LogP contribution >= 0.6 is 0 Å². The average Bonchev–Trinajstić information content (AvgIpc) is 3.29. The van der Waals surface area contributed by atoms with Gasteiger partial charge in [0.05, 0.1) is 16.9 Å². The molecule has 3 aromatic rings. The Balaban J connectivity index is 1.48. The molecule has 1 aliphatic rings. The van der Waals surface area contributed by atoms with Crippen LogP contribution in [-0.2, 0) is 0 Å². The van der Waals surface area contributed by atoms with E-state index in [9.17, 15) is 10.1 Å². The van der Waals surface area contributed by atoms with E-state index in [2.05, 4.69) is 20.2 Å². The van der Waals surface area contributed by atoms with Crippen molar-refractivity contribution in [3.8, 4) is 11.4 Å². The minimum absolute atomic E-state index is 0.348. The highest BCUT2D eigenvalue weighted by atomic mass is 16.5. The summed E-state index contributed by atoms with van der Waals surface area (Å²) in [7, 11) is 0. The van der Waals surface area contributed by atoms with E-state index in [1.54, 1.807) is 48.5 Å². The first-order valence-corrected chi connectivity index (χ1v) is 7.75. The Kier molecular flexibility index (Phi) is 3.91. The van der Waals surface area contributed by atoms with Gasteiger partial charge >= 0.3 is 5.84 Å². The summed E-state index contributed by atoms with van der Waals surface area (Å²) >= 11 is 0. The van der Waals surface area contributed by atoms with Gasteiger partial charge in [0.1, 0.15) is 5.82 Å². The van der Waals surface area contributed by atoms with Crippen molar-refractivity contribution in [3.63, 3.8) is 0 Å². The van der Waals surface area contributed by atoms with Gasteiger partial charge in [-0.3, -0.25) is 0 Å². The fourth-order valence-corrected chi connectivity index (χ4v) is 2.46. The lowest BCUT2D eigenvalue weighted by atomic mass is 10.2. The number of azo groups is 1. The number of hydrogen-bond donors (Lipinski definition) is 0. The van der Waals surface area contributed by atoms with Gasteiger partial charge in [-0.05, 0) is 53.5 Å². The summed E-state index contributed by atoms with van der Waals surface area (Å²) in [4.78, 5) is 19.6. The average molecular weight is 344 g/mol. The van der Waals surface area contributed by atoms with Crippen molar-refractivity contribution in [2.45, 2.75) is 0 Å². The van der Waals surface area contributed by atoms with Crippen LogP contribution in [0.2, 0.25) is 0 Å². The zero-order valence-corrected chi connectivity index (χ0v) is 13.4. The molecule has 0 N–H and O–H groups in total. The first kappa shape index (κ1) is 15.6. The Morgan fingerprint density at radius 2 is 1.54 bits per heavy atom. The molecule has 4 rings (SSSR count). The molecule has 126 valence electrons. The van der Waals surface area contributed by atoms with Gasteiger partial charge in [-0.15, -0.1) is 0 Å².